The molecule has 11 unspecified atom stereocenters. The van der Waals surface area contributed by atoms with Crippen LogP contribution in [0.3, 0.4) is 0 Å². The van der Waals surface area contributed by atoms with Crippen molar-refractivity contribution in [3.63, 3.8) is 0 Å². The third-order valence-corrected chi connectivity index (χ3v) is 9.81. The molecule has 5 rings (SSSR count). The number of rotatable bonds is 2. The molecule has 4 N–H and O–H groups in total. The van der Waals surface area contributed by atoms with Gasteiger partial charge in [0, 0.05) is 25.2 Å². The Bertz CT molecular complexity index is 1110. The summed E-state index contributed by atoms with van der Waals surface area (Å²) in [5, 5.41) is 44.0. The molecule has 0 aromatic carbocycles. The summed E-state index contributed by atoms with van der Waals surface area (Å²) in [4.78, 5) is 13.9. The molecule has 41 heavy (non-hydrogen) atoms. The quantitative estimate of drug-likeness (QED) is 0.290. The van der Waals surface area contributed by atoms with Gasteiger partial charge in [-0.1, -0.05) is 51.2 Å². The standard InChI is InChI=1S/C32H46O9/c1-5-26-18(2)11-12-31(41-26)15-24-14-23(40-31)10-9-21(16-33)27(34)19(3)7-6-8-22-17-38-29-28(35)20(4)13-25(30(36)39-24)32(22,29)37/h6-9,13,18-19,23-29,33-35,37H,5,10-12,14-17H2,1-4H3. The Morgan fingerprint density at radius 2 is 1.90 bits per heavy atom. The van der Waals surface area contributed by atoms with E-state index in [2.05, 4.69) is 13.8 Å². The summed E-state index contributed by atoms with van der Waals surface area (Å²) in [5.74, 6) is -2.52. The molecular weight excluding hydrogens is 528 g/mol. The van der Waals surface area contributed by atoms with Crippen LogP contribution >= 0.6 is 0 Å². The number of ether oxygens (including phenoxy) is 4. The number of hydrogen-bond donors (Lipinski definition) is 4. The van der Waals surface area contributed by atoms with Crippen molar-refractivity contribution in [3.05, 3.63) is 47.1 Å². The van der Waals surface area contributed by atoms with Gasteiger partial charge in [-0.2, -0.15) is 0 Å². The first-order valence-corrected chi connectivity index (χ1v) is 15.1. The number of carbonyl (C=O) groups excluding carboxylic acids is 1. The first kappa shape index (κ1) is 30.6. The van der Waals surface area contributed by atoms with Gasteiger partial charge < -0.3 is 39.4 Å². The van der Waals surface area contributed by atoms with Crippen LogP contribution in [0.5, 0.6) is 0 Å². The number of allylic oxidation sites excluding steroid dienone is 2. The molecule has 4 heterocycles. The third kappa shape index (κ3) is 5.75. The van der Waals surface area contributed by atoms with E-state index in [1.54, 1.807) is 31.2 Å². The fourth-order valence-electron chi connectivity index (χ4n) is 7.22. The number of aliphatic hydroxyl groups excluding tert-OH is 3. The van der Waals surface area contributed by atoms with Crippen molar-refractivity contribution in [2.24, 2.45) is 17.8 Å². The number of esters is 1. The molecule has 228 valence electrons. The Kier molecular flexibility index (Phi) is 8.98. The number of hydrogen-bond acceptors (Lipinski definition) is 9. The molecule has 0 radical (unpaired) electrons. The molecule has 0 saturated carbocycles. The van der Waals surface area contributed by atoms with Gasteiger partial charge in [-0.05, 0) is 48.8 Å². The first-order valence-electron chi connectivity index (χ1n) is 15.1. The molecule has 3 saturated heterocycles. The van der Waals surface area contributed by atoms with Crippen molar-refractivity contribution in [3.8, 4) is 0 Å². The number of aliphatic hydroxyl groups is 4. The van der Waals surface area contributed by atoms with Crippen LogP contribution < -0.4 is 0 Å². The first-order chi connectivity index (χ1) is 19.5. The molecule has 4 aliphatic heterocycles. The zero-order valence-electron chi connectivity index (χ0n) is 24.6. The molecule has 1 spiro atoms. The molecule has 5 aliphatic rings. The lowest BCUT2D eigenvalue weighted by atomic mass is 9.71. The molecular formula is C32H46O9. The Morgan fingerprint density at radius 3 is 2.63 bits per heavy atom. The lowest BCUT2D eigenvalue weighted by molar-refractivity contribution is -0.335. The van der Waals surface area contributed by atoms with Crippen LogP contribution in [0.4, 0.5) is 0 Å². The van der Waals surface area contributed by atoms with E-state index in [9.17, 15) is 25.2 Å². The van der Waals surface area contributed by atoms with Crippen molar-refractivity contribution in [2.45, 2.75) is 114 Å². The van der Waals surface area contributed by atoms with Crippen LogP contribution in [0.2, 0.25) is 0 Å². The van der Waals surface area contributed by atoms with Crippen molar-refractivity contribution < 1.29 is 44.2 Å². The second-order valence-electron chi connectivity index (χ2n) is 12.7. The lowest BCUT2D eigenvalue weighted by Gasteiger charge is -2.50. The Morgan fingerprint density at radius 1 is 1.12 bits per heavy atom. The van der Waals surface area contributed by atoms with Crippen molar-refractivity contribution in [1.29, 1.82) is 0 Å². The highest BCUT2D eigenvalue weighted by atomic mass is 16.7. The minimum absolute atomic E-state index is 0.0185. The SMILES string of the molecule is CCC1OC2(CCC1C)CC1CC(CC=C(CO)C(O)C(C)C=CC=C3COC4C(O)C(C)=CC(C(=O)O1)C34O)O2. The van der Waals surface area contributed by atoms with E-state index in [1.165, 1.54) is 0 Å². The monoisotopic (exact) mass is 574 g/mol. The number of carbonyl (C=O) groups is 1. The van der Waals surface area contributed by atoms with Crippen molar-refractivity contribution in [1.82, 2.24) is 0 Å². The van der Waals surface area contributed by atoms with E-state index in [0.717, 1.165) is 12.8 Å². The van der Waals surface area contributed by atoms with E-state index < -0.39 is 47.7 Å². The molecule has 11 atom stereocenters. The molecule has 9 nitrogen and oxygen atoms in total. The van der Waals surface area contributed by atoms with Gasteiger partial charge in [0.1, 0.15) is 29.8 Å². The van der Waals surface area contributed by atoms with Crippen LogP contribution in [-0.4, -0.2) is 87.6 Å². The highest BCUT2D eigenvalue weighted by molar-refractivity contribution is 5.78. The van der Waals surface area contributed by atoms with E-state index in [4.69, 9.17) is 18.9 Å². The summed E-state index contributed by atoms with van der Waals surface area (Å²) in [6, 6.07) is 0. The molecule has 3 fully saturated rings. The maximum absolute atomic E-state index is 13.9. The van der Waals surface area contributed by atoms with Gasteiger partial charge in [-0.25, -0.2) is 0 Å². The summed E-state index contributed by atoms with van der Waals surface area (Å²) in [6.45, 7) is 7.57. The maximum Gasteiger partial charge on any atom is 0.316 e. The average molecular weight is 575 g/mol. The normalized spacial score (nSPS) is 45.4. The van der Waals surface area contributed by atoms with Gasteiger partial charge in [0.25, 0.3) is 0 Å². The van der Waals surface area contributed by atoms with Crippen LogP contribution in [0.15, 0.2) is 47.1 Å². The van der Waals surface area contributed by atoms with Crippen LogP contribution in [-0.2, 0) is 23.7 Å². The molecule has 0 amide bonds. The summed E-state index contributed by atoms with van der Waals surface area (Å²) in [7, 11) is 0. The molecule has 0 aromatic heterocycles. The predicted octanol–water partition coefficient (Wildman–Crippen LogP) is 2.87. The Balaban J connectivity index is 1.54. The molecule has 1 aliphatic carbocycles. The topological polar surface area (TPSA) is 135 Å². The minimum atomic E-state index is -1.79. The van der Waals surface area contributed by atoms with Crippen LogP contribution in [0.1, 0.15) is 66.2 Å². The fraction of sp³-hybridized carbons (Fsp3) is 0.719. The molecule has 2 bridgehead atoms. The van der Waals surface area contributed by atoms with E-state index >= 15 is 0 Å². The highest BCUT2D eigenvalue weighted by Crippen LogP contribution is 2.47. The summed E-state index contributed by atoms with van der Waals surface area (Å²) >= 11 is 0. The van der Waals surface area contributed by atoms with Crippen LogP contribution in [0.25, 0.3) is 0 Å². The lowest BCUT2D eigenvalue weighted by Crippen LogP contribution is -2.58. The highest BCUT2D eigenvalue weighted by Gasteiger charge is 2.60. The fourth-order valence-corrected chi connectivity index (χ4v) is 7.22. The third-order valence-electron chi connectivity index (χ3n) is 9.81. The predicted molar refractivity (Wildman–Crippen MR) is 150 cm³/mol. The Hall–Kier alpha value is -1.85. The number of fused-ring (bicyclic) bond motifs is 2. The summed E-state index contributed by atoms with van der Waals surface area (Å²) in [5.41, 5.74) is -0.306. The minimum Gasteiger partial charge on any atom is -0.462 e. The summed E-state index contributed by atoms with van der Waals surface area (Å²) < 4.78 is 25.2. The Labute approximate surface area is 242 Å². The maximum atomic E-state index is 13.9. The largest absolute Gasteiger partial charge is 0.462 e. The molecule has 0 aromatic rings. The van der Waals surface area contributed by atoms with Gasteiger partial charge in [0.2, 0.25) is 0 Å². The van der Waals surface area contributed by atoms with Crippen LogP contribution in [0, 0.1) is 17.8 Å². The van der Waals surface area contributed by atoms with Gasteiger partial charge in [-0.15, -0.1) is 0 Å². The van der Waals surface area contributed by atoms with Gasteiger partial charge in [0.15, 0.2) is 5.79 Å². The molecule has 9 heteroatoms. The van der Waals surface area contributed by atoms with Crippen molar-refractivity contribution >= 4 is 5.97 Å². The van der Waals surface area contributed by atoms with Gasteiger partial charge in [-0.3, -0.25) is 4.79 Å². The van der Waals surface area contributed by atoms with E-state index in [1.807, 2.05) is 13.0 Å². The van der Waals surface area contributed by atoms with E-state index in [0.29, 0.717) is 48.3 Å². The van der Waals surface area contributed by atoms with Gasteiger partial charge in [0.05, 0.1) is 31.5 Å². The second kappa shape index (κ2) is 12.0. The summed E-state index contributed by atoms with van der Waals surface area (Å²) in [6.07, 6.45) is 8.31. The zero-order valence-corrected chi connectivity index (χ0v) is 24.6. The van der Waals surface area contributed by atoms with E-state index in [-0.39, 0.29) is 31.3 Å². The van der Waals surface area contributed by atoms with Crippen molar-refractivity contribution in [2.75, 3.05) is 13.2 Å². The average Bonchev–Trinajstić information content (AvgIpc) is 3.28. The smallest absolute Gasteiger partial charge is 0.316 e. The zero-order chi connectivity index (χ0) is 29.5. The van der Waals surface area contributed by atoms with Gasteiger partial charge >= 0.3 is 5.97 Å². The second-order valence-corrected chi connectivity index (χ2v) is 12.7.